The molecule has 17 heavy (non-hydrogen) atoms. The first-order valence-electron chi connectivity index (χ1n) is 6.67. The standard InChI is InChI=1S/C15H24N2/c1-11(2)7-16-9-14-10-17-8-13-5-4-12(3)6-15(13)14/h4-6,11,14,16-17H,7-10H2,1-3H3. The molecule has 0 radical (unpaired) electrons. The number of aryl methyl sites for hydroxylation is 1. The molecule has 94 valence electrons. The number of rotatable bonds is 4. The van der Waals surface area contributed by atoms with Crippen molar-refractivity contribution in [2.75, 3.05) is 19.6 Å². The van der Waals surface area contributed by atoms with E-state index in [9.17, 15) is 0 Å². The minimum atomic E-state index is 0.623. The van der Waals surface area contributed by atoms with E-state index >= 15 is 0 Å². The zero-order valence-corrected chi connectivity index (χ0v) is 11.2. The Morgan fingerprint density at radius 3 is 3.00 bits per heavy atom. The first-order valence-corrected chi connectivity index (χ1v) is 6.67. The summed E-state index contributed by atoms with van der Waals surface area (Å²) in [6.07, 6.45) is 0. The Bertz CT molecular complexity index is 371. The molecule has 2 heteroatoms. The summed E-state index contributed by atoms with van der Waals surface area (Å²) in [5, 5.41) is 7.08. The summed E-state index contributed by atoms with van der Waals surface area (Å²) >= 11 is 0. The van der Waals surface area contributed by atoms with E-state index in [4.69, 9.17) is 0 Å². The van der Waals surface area contributed by atoms with Crippen LogP contribution in [0.2, 0.25) is 0 Å². The van der Waals surface area contributed by atoms with E-state index in [1.54, 1.807) is 5.56 Å². The van der Waals surface area contributed by atoms with Crippen molar-refractivity contribution < 1.29 is 0 Å². The average molecular weight is 232 g/mol. The van der Waals surface area contributed by atoms with E-state index in [0.717, 1.165) is 32.1 Å². The summed E-state index contributed by atoms with van der Waals surface area (Å²) in [5.74, 6) is 1.35. The molecule has 1 heterocycles. The minimum absolute atomic E-state index is 0.623. The molecule has 0 bridgehead atoms. The summed E-state index contributed by atoms with van der Waals surface area (Å²) in [5.41, 5.74) is 4.39. The van der Waals surface area contributed by atoms with Gasteiger partial charge < -0.3 is 10.6 Å². The van der Waals surface area contributed by atoms with Gasteiger partial charge in [-0.15, -0.1) is 0 Å². The Morgan fingerprint density at radius 2 is 2.24 bits per heavy atom. The molecule has 2 nitrogen and oxygen atoms in total. The van der Waals surface area contributed by atoms with Gasteiger partial charge in [-0.25, -0.2) is 0 Å². The molecule has 0 aliphatic carbocycles. The van der Waals surface area contributed by atoms with E-state index in [0.29, 0.717) is 5.92 Å². The van der Waals surface area contributed by atoms with Crippen LogP contribution < -0.4 is 10.6 Å². The van der Waals surface area contributed by atoms with Crippen molar-refractivity contribution in [3.05, 3.63) is 34.9 Å². The highest BCUT2D eigenvalue weighted by atomic mass is 14.9. The first-order chi connectivity index (χ1) is 8.16. The van der Waals surface area contributed by atoms with E-state index < -0.39 is 0 Å². The van der Waals surface area contributed by atoms with Crippen molar-refractivity contribution in [2.45, 2.75) is 33.2 Å². The Hall–Kier alpha value is -0.860. The Labute approximate surface area is 105 Å². The van der Waals surface area contributed by atoms with Crippen molar-refractivity contribution in [2.24, 2.45) is 5.92 Å². The fourth-order valence-corrected chi connectivity index (χ4v) is 2.47. The van der Waals surface area contributed by atoms with Crippen LogP contribution in [-0.4, -0.2) is 19.6 Å². The van der Waals surface area contributed by atoms with Gasteiger partial charge in [-0.3, -0.25) is 0 Å². The number of nitrogens with one attached hydrogen (secondary N) is 2. The van der Waals surface area contributed by atoms with Gasteiger partial charge in [0.15, 0.2) is 0 Å². The summed E-state index contributed by atoms with van der Waals surface area (Å²) in [6, 6.07) is 6.84. The van der Waals surface area contributed by atoms with Crippen molar-refractivity contribution >= 4 is 0 Å². The molecule has 0 saturated carbocycles. The molecule has 1 aromatic carbocycles. The van der Waals surface area contributed by atoms with Crippen LogP contribution >= 0.6 is 0 Å². The Kier molecular flexibility index (Phi) is 4.19. The van der Waals surface area contributed by atoms with Gasteiger partial charge in [-0.05, 0) is 30.5 Å². The normalized spacial score (nSPS) is 19.4. The molecule has 1 aliphatic rings. The lowest BCUT2D eigenvalue weighted by atomic mass is 9.89. The van der Waals surface area contributed by atoms with Crippen LogP contribution in [0.15, 0.2) is 18.2 Å². The lowest BCUT2D eigenvalue weighted by molar-refractivity contribution is 0.476. The van der Waals surface area contributed by atoms with E-state index in [1.165, 1.54) is 11.1 Å². The second-order valence-electron chi connectivity index (χ2n) is 5.58. The third-order valence-electron chi connectivity index (χ3n) is 3.39. The largest absolute Gasteiger partial charge is 0.316 e. The van der Waals surface area contributed by atoms with Gasteiger partial charge >= 0.3 is 0 Å². The monoisotopic (exact) mass is 232 g/mol. The predicted octanol–water partition coefficient (Wildman–Crippen LogP) is 2.43. The molecule has 0 saturated heterocycles. The van der Waals surface area contributed by atoms with Gasteiger partial charge in [-0.1, -0.05) is 37.6 Å². The smallest absolute Gasteiger partial charge is 0.0208 e. The number of fused-ring (bicyclic) bond motifs is 1. The van der Waals surface area contributed by atoms with E-state index in [1.807, 2.05) is 0 Å². The van der Waals surface area contributed by atoms with E-state index in [2.05, 4.69) is 49.6 Å². The molecule has 2 rings (SSSR count). The molecule has 0 aromatic heterocycles. The molecule has 1 atom stereocenters. The lowest BCUT2D eigenvalue weighted by Crippen LogP contribution is -2.35. The molecule has 1 unspecified atom stereocenters. The van der Waals surface area contributed by atoms with Gasteiger partial charge in [0.1, 0.15) is 0 Å². The quantitative estimate of drug-likeness (QED) is 0.833. The SMILES string of the molecule is Cc1ccc2c(c1)C(CNCC(C)C)CNC2. The zero-order chi connectivity index (χ0) is 12.3. The first kappa shape index (κ1) is 12.6. The van der Waals surface area contributed by atoms with Crippen LogP contribution in [-0.2, 0) is 6.54 Å². The average Bonchev–Trinajstić information content (AvgIpc) is 2.29. The third-order valence-corrected chi connectivity index (χ3v) is 3.39. The maximum Gasteiger partial charge on any atom is 0.0208 e. The van der Waals surface area contributed by atoms with Crippen LogP contribution in [0.25, 0.3) is 0 Å². The third kappa shape index (κ3) is 3.30. The number of benzene rings is 1. The molecule has 1 aromatic rings. The van der Waals surface area contributed by atoms with Gasteiger partial charge in [0.2, 0.25) is 0 Å². The fourth-order valence-electron chi connectivity index (χ4n) is 2.47. The second kappa shape index (κ2) is 5.65. The second-order valence-corrected chi connectivity index (χ2v) is 5.58. The topological polar surface area (TPSA) is 24.1 Å². The summed E-state index contributed by atoms with van der Waals surface area (Å²) in [7, 11) is 0. The summed E-state index contributed by atoms with van der Waals surface area (Å²) < 4.78 is 0. The highest BCUT2D eigenvalue weighted by Crippen LogP contribution is 2.24. The predicted molar refractivity (Wildman–Crippen MR) is 73.3 cm³/mol. The van der Waals surface area contributed by atoms with Crippen molar-refractivity contribution in [1.82, 2.24) is 10.6 Å². The van der Waals surface area contributed by atoms with Gasteiger partial charge in [0.25, 0.3) is 0 Å². The van der Waals surface area contributed by atoms with Gasteiger partial charge in [0, 0.05) is 25.6 Å². The molecule has 2 N–H and O–H groups in total. The Morgan fingerprint density at radius 1 is 1.41 bits per heavy atom. The van der Waals surface area contributed by atoms with Crippen molar-refractivity contribution in [3.8, 4) is 0 Å². The van der Waals surface area contributed by atoms with Crippen LogP contribution in [0.4, 0.5) is 0 Å². The maximum absolute atomic E-state index is 3.57. The molecule has 0 fully saturated rings. The lowest BCUT2D eigenvalue weighted by Gasteiger charge is -2.27. The van der Waals surface area contributed by atoms with Crippen molar-refractivity contribution in [1.29, 1.82) is 0 Å². The van der Waals surface area contributed by atoms with Crippen LogP contribution in [0, 0.1) is 12.8 Å². The summed E-state index contributed by atoms with van der Waals surface area (Å²) in [6.45, 7) is 11.0. The van der Waals surface area contributed by atoms with Crippen LogP contribution in [0.1, 0.15) is 36.5 Å². The van der Waals surface area contributed by atoms with E-state index in [-0.39, 0.29) is 0 Å². The zero-order valence-electron chi connectivity index (χ0n) is 11.2. The highest BCUT2D eigenvalue weighted by Gasteiger charge is 2.19. The molecular weight excluding hydrogens is 208 g/mol. The minimum Gasteiger partial charge on any atom is -0.316 e. The summed E-state index contributed by atoms with van der Waals surface area (Å²) in [4.78, 5) is 0. The Balaban J connectivity index is 2.03. The van der Waals surface area contributed by atoms with Gasteiger partial charge in [-0.2, -0.15) is 0 Å². The maximum atomic E-state index is 3.57. The molecule has 1 aliphatic heterocycles. The molecular formula is C15H24N2. The molecule has 0 spiro atoms. The van der Waals surface area contributed by atoms with Crippen LogP contribution in [0.5, 0.6) is 0 Å². The fraction of sp³-hybridized carbons (Fsp3) is 0.600. The van der Waals surface area contributed by atoms with Crippen LogP contribution in [0.3, 0.4) is 0 Å². The number of hydrogen-bond donors (Lipinski definition) is 2. The van der Waals surface area contributed by atoms with Gasteiger partial charge in [0.05, 0.1) is 0 Å². The number of hydrogen-bond acceptors (Lipinski definition) is 2. The highest BCUT2D eigenvalue weighted by molar-refractivity contribution is 5.36. The molecule has 0 amide bonds. The van der Waals surface area contributed by atoms with Crippen molar-refractivity contribution in [3.63, 3.8) is 0 Å².